The van der Waals surface area contributed by atoms with Crippen LogP contribution in [-0.2, 0) is 9.59 Å². The monoisotopic (exact) mass is 270 g/mol. The number of carboxylic acids is 2. The van der Waals surface area contributed by atoms with Gasteiger partial charge in [0.15, 0.2) is 0 Å². The number of aliphatic carboxylic acids is 2. The Morgan fingerprint density at radius 2 is 1.64 bits per heavy atom. The zero-order chi connectivity index (χ0) is 11.1. The number of hydrogen-bond donors (Lipinski definition) is 2. The van der Waals surface area contributed by atoms with Crippen molar-refractivity contribution in [3.8, 4) is 0 Å². The molecule has 0 saturated carbocycles. The van der Waals surface area contributed by atoms with E-state index in [1.54, 1.807) is 0 Å². The molecular weight excluding hydrogens is 255 g/mol. The van der Waals surface area contributed by atoms with Crippen molar-refractivity contribution < 1.29 is 31.3 Å². The third-order valence-corrected chi connectivity index (χ3v) is 4.04. The third-order valence-electron chi connectivity index (χ3n) is 1.60. The standard InChI is InChI=1S/C7H14N2O4Se/c8-4(6(10)11)1-2-14-3-5(9)7(12)13/h4-5H,1-3,8-9H2,(H,10,11)(H,12,13)/t4-,5-/m0/s1. The summed E-state index contributed by atoms with van der Waals surface area (Å²) in [4.78, 5) is 20.5. The Labute approximate surface area is 87.8 Å². The molecule has 0 bridgehead atoms. The molecule has 0 aromatic rings. The van der Waals surface area contributed by atoms with Crippen molar-refractivity contribution in [1.82, 2.24) is 0 Å². The van der Waals surface area contributed by atoms with Gasteiger partial charge in [-0.05, 0) is 0 Å². The normalized spacial score (nSPS) is 14.7. The molecule has 6 nitrogen and oxygen atoms in total. The molecule has 0 radical (unpaired) electrons. The van der Waals surface area contributed by atoms with E-state index in [0.717, 1.165) is 0 Å². The van der Waals surface area contributed by atoms with Crippen LogP contribution in [0.3, 0.4) is 0 Å². The number of carbonyl (C=O) groups is 2. The van der Waals surface area contributed by atoms with Gasteiger partial charge in [0.1, 0.15) is 0 Å². The van der Waals surface area contributed by atoms with Crippen molar-refractivity contribution in [1.29, 1.82) is 0 Å². The van der Waals surface area contributed by atoms with Gasteiger partial charge >= 0.3 is 87.3 Å². The minimum absolute atomic E-state index is 0.0812. The number of quaternary nitrogens is 2. The van der Waals surface area contributed by atoms with Gasteiger partial charge in [-0.1, -0.05) is 0 Å². The van der Waals surface area contributed by atoms with Gasteiger partial charge < -0.3 is 0 Å². The molecule has 6 N–H and O–H groups in total. The summed E-state index contributed by atoms with van der Waals surface area (Å²) < 4.78 is 0. The van der Waals surface area contributed by atoms with E-state index in [1.165, 1.54) is 0 Å². The van der Waals surface area contributed by atoms with Gasteiger partial charge in [-0.3, -0.25) is 0 Å². The fraction of sp³-hybridized carbons (Fsp3) is 0.714. The molecule has 2 atom stereocenters. The van der Waals surface area contributed by atoms with Crippen LogP contribution >= 0.6 is 0 Å². The summed E-state index contributed by atoms with van der Waals surface area (Å²) in [5.41, 5.74) is 6.79. The SMILES string of the molecule is [NH3+][C@@H](CC[Se]C[C@H]([NH3+])C(=O)[O-])C(=O)[O-]. The first-order chi connectivity index (χ1) is 6.45. The van der Waals surface area contributed by atoms with E-state index in [0.29, 0.717) is 17.1 Å². The van der Waals surface area contributed by atoms with Crippen LogP contribution in [0.15, 0.2) is 0 Å². The Balaban J connectivity index is 3.47. The van der Waals surface area contributed by atoms with Gasteiger partial charge in [-0.15, -0.1) is 0 Å². The second-order valence-electron chi connectivity index (χ2n) is 2.90. The molecule has 0 aromatic carbocycles. The van der Waals surface area contributed by atoms with E-state index in [4.69, 9.17) is 0 Å². The van der Waals surface area contributed by atoms with Crippen molar-refractivity contribution in [3.05, 3.63) is 0 Å². The predicted molar refractivity (Wildman–Crippen MR) is 43.4 cm³/mol. The van der Waals surface area contributed by atoms with Crippen molar-refractivity contribution in [3.63, 3.8) is 0 Å². The Bertz CT molecular complexity index is 190. The average molecular weight is 269 g/mol. The van der Waals surface area contributed by atoms with E-state index in [-0.39, 0.29) is 15.0 Å². The van der Waals surface area contributed by atoms with Gasteiger partial charge in [-0.2, -0.15) is 0 Å². The van der Waals surface area contributed by atoms with Crippen LogP contribution in [0.1, 0.15) is 6.42 Å². The van der Waals surface area contributed by atoms with Crippen LogP contribution in [0.4, 0.5) is 0 Å². The zero-order valence-electron chi connectivity index (χ0n) is 7.73. The van der Waals surface area contributed by atoms with Gasteiger partial charge in [0.25, 0.3) is 0 Å². The number of rotatable bonds is 7. The summed E-state index contributed by atoms with van der Waals surface area (Å²) >= 11 is 0.0812. The molecule has 0 amide bonds. The van der Waals surface area contributed by atoms with Crippen LogP contribution in [0.2, 0.25) is 10.6 Å². The van der Waals surface area contributed by atoms with E-state index in [1.807, 2.05) is 0 Å². The summed E-state index contributed by atoms with van der Waals surface area (Å²) in [5, 5.41) is 21.7. The maximum atomic E-state index is 10.3. The average Bonchev–Trinajstić information content (AvgIpc) is 2.11. The number of hydrogen-bond acceptors (Lipinski definition) is 4. The molecule has 0 spiro atoms. The number of carboxylic acid groups (broad SMARTS) is 2. The summed E-state index contributed by atoms with van der Waals surface area (Å²) in [6, 6.07) is -1.40. The van der Waals surface area contributed by atoms with E-state index >= 15 is 0 Å². The topological polar surface area (TPSA) is 136 Å². The molecule has 0 aliphatic heterocycles. The van der Waals surface area contributed by atoms with Gasteiger partial charge in [0.2, 0.25) is 0 Å². The fourth-order valence-electron chi connectivity index (χ4n) is 0.637. The van der Waals surface area contributed by atoms with Gasteiger partial charge in [-0.25, -0.2) is 0 Å². The second-order valence-corrected chi connectivity index (χ2v) is 5.31. The van der Waals surface area contributed by atoms with Crippen LogP contribution in [0.25, 0.3) is 0 Å². The van der Waals surface area contributed by atoms with Crippen LogP contribution in [0.5, 0.6) is 0 Å². The van der Waals surface area contributed by atoms with Crippen LogP contribution in [0, 0.1) is 0 Å². The van der Waals surface area contributed by atoms with E-state index in [2.05, 4.69) is 11.5 Å². The molecule has 0 heterocycles. The van der Waals surface area contributed by atoms with Crippen LogP contribution < -0.4 is 21.7 Å². The summed E-state index contributed by atoms with van der Waals surface area (Å²) in [5.74, 6) is -2.31. The Kier molecular flexibility index (Phi) is 6.48. The van der Waals surface area contributed by atoms with E-state index < -0.39 is 24.0 Å². The summed E-state index contributed by atoms with van der Waals surface area (Å²) in [6.07, 6.45) is 0.433. The molecule has 14 heavy (non-hydrogen) atoms. The second kappa shape index (κ2) is 6.78. The maximum absolute atomic E-state index is 10.3. The number of carbonyl (C=O) groups excluding carboxylic acids is 2. The van der Waals surface area contributed by atoms with Gasteiger partial charge in [0, 0.05) is 0 Å². The van der Waals surface area contributed by atoms with E-state index in [9.17, 15) is 19.8 Å². The molecule has 82 valence electrons. The zero-order valence-corrected chi connectivity index (χ0v) is 9.44. The molecule has 0 saturated heterocycles. The molecule has 0 rings (SSSR count). The molecule has 0 unspecified atom stereocenters. The summed E-state index contributed by atoms with van der Waals surface area (Å²) in [6.45, 7) is 0. The minimum atomic E-state index is -1.16. The molecule has 0 aliphatic rings. The Morgan fingerprint density at radius 1 is 1.14 bits per heavy atom. The molecule has 7 heteroatoms. The Morgan fingerprint density at radius 3 is 2.07 bits per heavy atom. The quantitative estimate of drug-likeness (QED) is 0.352. The first kappa shape index (κ1) is 13.4. The van der Waals surface area contributed by atoms with Crippen molar-refractivity contribution in [2.75, 3.05) is 0 Å². The fourth-order valence-corrected chi connectivity index (χ4v) is 2.82. The first-order valence-electron chi connectivity index (χ1n) is 4.10. The summed E-state index contributed by atoms with van der Waals surface area (Å²) in [7, 11) is 0. The van der Waals surface area contributed by atoms with Crippen molar-refractivity contribution in [2.45, 2.75) is 29.1 Å². The van der Waals surface area contributed by atoms with Crippen molar-refractivity contribution in [2.24, 2.45) is 0 Å². The molecular formula is C7H14N2O4Se. The Hall–Kier alpha value is -0.621. The molecule has 0 fully saturated rings. The third kappa shape index (κ3) is 5.93. The van der Waals surface area contributed by atoms with Crippen LogP contribution in [-0.4, -0.2) is 39.0 Å². The first-order valence-corrected chi connectivity index (χ1v) is 6.53. The van der Waals surface area contributed by atoms with Gasteiger partial charge in [0.05, 0.1) is 0 Å². The predicted octanol–water partition coefficient (Wildman–Crippen LogP) is -5.36. The molecule has 0 aliphatic carbocycles. The molecule has 0 aromatic heterocycles. The van der Waals surface area contributed by atoms with Crippen molar-refractivity contribution >= 4 is 26.9 Å².